The first-order valence-corrected chi connectivity index (χ1v) is 13.3. The van der Waals surface area contributed by atoms with E-state index in [1.54, 1.807) is 39.8 Å². The van der Waals surface area contributed by atoms with Crippen molar-refractivity contribution in [1.82, 2.24) is 19.5 Å². The lowest BCUT2D eigenvalue weighted by atomic mass is 9.86. The van der Waals surface area contributed by atoms with E-state index in [0.717, 1.165) is 10.6 Å². The quantitative estimate of drug-likeness (QED) is 0.240. The zero-order valence-corrected chi connectivity index (χ0v) is 24.8. The molecular formula is C30H32F3N5O5. The molecule has 13 heteroatoms. The second-order valence-electron chi connectivity index (χ2n) is 11.8. The smallest absolute Gasteiger partial charge is 0.419 e. The molecule has 3 aromatic heterocycles. The first-order valence-electron chi connectivity index (χ1n) is 13.3. The minimum Gasteiger partial charge on any atom is -0.487 e. The van der Waals surface area contributed by atoms with Crippen LogP contribution < -0.4 is 10.1 Å². The van der Waals surface area contributed by atoms with Crippen LogP contribution in [0.5, 0.6) is 5.75 Å². The Morgan fingerprint density at radius 2 is 1.70 bits per heavy atom. The van der Waals surface area contributed by atoms with Gasteiger partial charge in [0.15, 0.2) is 5.65 Å². The fourth-order valence-electron chi connectivity index (χ4n) is 4.69. The van der Waals surface area contributed by atoms with Crippen molar-refractivity contribution in [3.05, 3.63) is 65.4 Å². The SMILES string of the molecule is Cc1nc(COc2ccccc2C(F)(F)F)c2c(-c3ccnc(NC(=O)OC(C)(C)C)c3)c(C(C)(C)C)n(C(=O)O)c2n1. The van der Waals surface area contributed by atoms with E-state index in [9.17, 15) is 27.9 Å². The first-order chi connectivity index (χ1) is 19.9. The van der Waals surface area contributed by atoms with Crippen LogP contribution in [0.25, 0.3) is 22.2 Å². The van der Waals surface area contributed by atoms with Gasteiger partial charge >= 0.3 is 18.4 Å². The normalized spacial score (nSPS) is 12.3. The van der Waals surface area contributed by atoms with Gasteiger partial charge in [-0.25, -0.2) is 29.1 Å². The summed E-state index contributed by atoms with van der Waals surface area (Å²) in [5.74, 6) is -0.0700. The molecule has 0 atom stereocenters. The maximum atomic E-state index is 13.7. The summed E-state index contributed by atoms with van der Waals surface area (Å²) in [5.41, 5.74) is -1.05. The number of rotatable bonds is 5. The van der Waals surface area contributed by atoms with Crippen molar-refractivity contribution in [3.8, 4) is 16.9 Å². The molecule has 10 nitrogen and oxygen atoms in total. The van der Waals surface area contributed by atoms with Gasteiger partial charge < -0.3 is 14.6 Å². The predicted octanol–water partition coefficient (Wildman–Crippen LogP) is 7.57. The molecule has 0 fully saturated rings. The standard InChI is InChI=1S/C30H32F3N5O5/c1-16-35-19(15-42-20-11-9-8-10-18(20)30(31,32)33)23-22(24(28(2,3)4)38(27(40)41)25(23)36-16)17-12-13-34-21(14-17)37-26(39)43-29(5,6)7/h8-14H,15H2,1-7H3,(H,40,41)(H,34,37,39). The number of anilines is 1. The molecule has 3 heterocycles. The number of nitrogens with one attached hydrogen (secondary N) is 1. The Labute approximate surface area is 245 Å². The molecule has 228 valence electrons. The lowest BCUT2D eigenvalue weighted by Crippen LogP contribution is -2.27. The summed E-state index contributed by atoms with van der Waals surface area (Å²) in [5, 5.41) is 13.2. The number of amides is 1. The van der Waals surface area contributed by atoms with Gasteiger partial charge in [-0.1, -0.05) is 32.9 Å². The highest BCUT2D eigenvalue weighted by Gasteiger charge is 2.35. The summed E-state index contributed by atoms with van der Waals surface area (Å²) in [6.07, 6.45) is -5.27. The number of fused-ring (bicyclic) bond motifs is 1. The highest BCUT2D eigenvalue weighted by atomic mass is 19.4. The predicted molar refractivity (Wildman–Crippen MR) is 153 cm³/mol. The van der Waals surface area contributed by atoms with Crippen LogP contribution >= 0.6 is 0 Å². The van der Waals surface area contributed by atoms with Crippen molar-refractivity contribution >= 4 is 29.0 Å². The third-order valence-corrected chi connectivity index (χ3v) is 6.14. The summed E-state index contributed by atoms with van der Waals surface area (Å²) >= 11 is 0. The lowest BCUT2D eigenvalue weighted by molar-refractivity contribution is -0.139. The highest BCUT2D eigenvalue weighted by molar-refractivity contribution is 6.03. The number of carbonyl (C=O) groups excluding carboxylic acids is 1. The summed E-state index contributed by atoms with van der Waals surface area (Å²) in [4.78, 5) is 38.2. The van der Waals surface area contributed by atoms with Gasteiger partial charge in [0, 0.05) is 22.9 Å². The molecule has 4 aromatic rings. The number of aryl methyl sites for hydroxylation is 1. The van der Waals surface area contributed by atoms with E-state index >= 15 is 0 Å². The van der Waals surface area contributed by atoms with E-state index in [1.807, 2.05) is 20.8 Å². The third kappa shape index (κ3) is 6.87. The number of carboxylic acid groups (broad SMARTS) is 1. The van der Waals surface area contributed by atoms with Gasteiger partial charge in [-0.3, -0.25) is 5.32 Å². The van der Waals surface area contributed by atoms with E-state index in [2.05, 4.69) is 20.3 Å². The van der Waals surface area contributed by atoms with E-state index in [1.165, 1.54) is 24.4 Å². The molecule has 0 aliphatic rings. The minimum absolute atomic E-state index is 0.0427. The fraction of sp³-hybridized carbons (Fsp3) is 0.367. The number of alkyl halides is 3. The van der Waals surface area contributed by atoms with Gasteiger partial charge in [-0.05, 0) is 57.5 Å². The average molecular weight is 600 g/mol. The van der Waals surface area contributed by atoms with E-state index in [-0.39, 0.29) is 28.4 Å². The van der Waals surface area contributed by atoms with Gasteiger partial charge in [-0.15, -0.1) is 0 Å². The molecule has 43 heavy (non-hydrogen) atoms. The molecule has 1 amide bonds. The zero-order valence-electron chi connectivity index (χ0n) is 24.8. The Hall–Kier alpha value is -4.68. The van der Waals surface area contributed by atoms with Gasteiger partial charge in [0.05, 0.1) is 16.6 Å². The molecule has 0 radical (unpaired) electrons. The summed E-state index contributed by atoms with van der Waals surface area (Å²) in [6, 6.07) is 7.97. The lowest BCUT2D eigenvalue weighted by Gasteiger charge is -2.22. The topological polar surface area (TPSA) is 128 Å². The van der Waals surface area contributed by atoms with Crippen LogP contribution in [0.4, 0.5) is 28.6 Å². The Bertz CT molecular complexity index is 1700. The van der Waals surface area contributed by atoms with Crippen molar-refractivity contribution in [1.29, 1.82) is 0 Å². The Morgan fingerprint density at radius 1 is 1.02 bits per heavy atom. The van der Waals surface area contributed by atoms with Gasteiger partial charge in [-0.2, -0.15) is 13.2 Å². The Kier molecular flexibility index (Phi) is 8.14. The van der Waals surface area contributed by atoms with Crippen LogP contribution in [-0.4, -0.2) is 42.4 Å². The number of pyridine rings is 1. The largest absolute Gasteiger partial charge is 0.487 e. The Morgan fingerprint density at radius 3 is 2.30 bits per heavy atom. The number of benzene rings is 1. The number of carbonyl (C=O) groups is 2. The molecule has 0 saturated heterocycles. The molecule has 0 saturated carbocycles. The number of nitrogens with zero attached hydrogens (tertiary/aromatic N) is 4. The van der Waals surface area contributed by atoms with Gasteiger partial charge in [0.2, 0.25) is 0 Å². The van der Waals surface area contributed by atoms with Crippen LogP contribution in [0.15, 0.2) is 42.6 Å². The maximum absolute atomic E-state index is 13.7. The molecule has 0 bridgehead atoms. The molecule has 0 spiro atoms. The van der Waals surface area contributed by atoms with E-state index < -0.39 is 47.3 Å². The van der Waals surface area contributed by atoms with Crippen molar-refractivity contribution in [2.75, 3.05) is 5.32 Å². The summed E-state index contributed by atoms with van der Waals surface area (Å²) in [7, 11) is 0. The second kappa shape index (κ2) is 11.2. The third-order valence-electron chi connectivity index (χ3n) is 6.14. The van der Waals surface area contributed by atoms with Crippen molar-refractivity contribution < 1.29 is 37.3 Å². The average Bonchev–Trinajstić information content (AvgIpc) is 3.22. The molecular weight excluding hydrogens is 567 g/mol. The van der Waals surface area contributed by atoms with Crippen LogP contribution in [-0.2, 0) is 22.9 Å². The van der Waals surface area contributed by atoms with Crippen LogP contribution in [0.3, 0.4) is 0 Å². The molecule has 0 aliphatic heterocycles. The van der Waals surface area contributed by atoms with Crippen molar-refractivity contribution in [2.45, 2.75) is 72.3 Å². The molecule has 2 N–H and O–H groups in total. The van der Waals surface area contributed by atoms with Crippen molar-refractivity contribution in [2.24, 2.45) is 0 Å². The molecule has 1 aromatic carbocycles. The number of hydrogen-bond donors (Lipinski definition) is 2. The summed E-state index contributed by atoms with van der Waals surface area (Å²) < 4.78 is 53.0. The van der Waals surface area contributed by atoms with Crippen molar-refractivity contribution in [3.63, 3.8) is 0 Å². The highest BCUT2D eigenvalue weighted by Crippen LogP contribution is 2.43. The minimum atomic E-state index is -4.65. The Balaban J connectivity index is 1.95. The number of ether oxygens (including phenoxy) is 2. The van der Waals surface area contributed by atoms with Crippen LogP contribution in [0.2, 0.25) is 0 Å². The van der Waals surface area contributed by atoms with E-state index in [4.69, 9.17) is 9.47 Å². The summed E-state index contributed by atoms with van der Waals surface area (Å²) in [6.45, 7) is 11.7. The molecule has 4 rings (SSSR count). The monoisotopic (exact) mass is 599 g/mol. The number of halogens is 3. The number of hydrogen-bond acceptors (Lipinski definition) is 7. The zero-order chi connectivity index (χ0) is 31.9. The number of para-hydroxylation sites is 1. The second-order valence-corrected chi connectivity index (χ2v) is 11.8. The van der Waals surface area contributed by atoms with Gasteiger partial charge in [0.1, 0.15) is 29.6 Å². The van der Waals surface area contributed by atoms with Crippen LogP contribution in [0.1, 0.15) is 64.3 Å². The van der Waals surface area contributed by atoms with Gasteiger partial charge in [0.25, 0.3) is 0 Å². The number of aromatic nitrogens is 4. The molecule has 0 aliphatic carbocycles. The maximum Gasteiger partial charge on any atom is 0.419 e. The fourth-order valence-corrected chi connectivity index (χ4v) is 4.69. The molecule has 0 unspecified atom stereocenters. The van der Waals surface area contributed by atoms with Crippen LogP contribution in [0, 0.1) is 6.92 Å². The van der Waals surface area contributed by atoms with E-state index in [0.29, 0.717) is 16.8 Å². The first kappa shape index (κ1) is 31.3.